The van der Waals surface area contributed by atoms with E-state index in [1.54, 1.807) is 30.6 Å². The largest absolute Gasteiger partial charge is 0.273 e. The number of nitrogens with zero attached hydrogens (tertiary/aromatic N) is 4. The number of halogens is 1. The van der Waals surface area contributed by atoms with Gasteiger partial charge in [-0.1, -0.05) is 12.1 Å². The molecule has 0 aliphatic rings. The predicted molar refractivity (Wildman–Crippen MR) is 101 cm³/mol. The number of hydrogen-bond donors (Lipinski definition) is 2. The molecule has 0 atom stereocenters. The molecule has 6 nitrogen and oxygen atoms in total. The number of rotatable bonds is 4. The highest BCUT2D eigenvalue weighted by Gasteiger charge is 2.10. The van der Waals surface area contributed by atoms with Crippen LogP contribution in [0.3, 0.4) is 0 Å². The van der Waals surface area contributed by atoms with Crippen LogP contribution in [0.2, 0.25) is 0 Å². The maximum atomic E-state index is 13.5. The Morgan fingerprint density at radius 3 is 2.88 bits per heavy atom. The second-order valence-electron chi connectivity index (χ2n) is 5.73. The van der Waals surface area contributed by atoms with Gasteiger partial charge in [-0.3, -0.25) is 9.78 Å². The zero-order valence-electron chi connectivity index (χ0n) is 13.6. The van der Waals surface area contributed by atoms with Gasteiger partial charge in [-0.15, -0.1) is 0 Å². The molecule has 0 spiro atoms. The van der Waals surface area contributed by atoms with Crippen molar-refractivity contribution in [3.05, 3.63) is 54.6 Å². The maximum Gasteiger partial charge on any atom is 0.240 e. The molecule has 0 aliphatic carbocycles. The first kappa shape index (κ1) is 16.5. The van der Waals surface area contributed by atoms with Crippen LogP contribution in [-0.2, 0) is 4.79 Å². The van der Waals surface area contributed by atoms with Crippen LogP contribution in [0, 0.1) is 5.82 Å². The third-order valence-corrected chi connectivity index (χ3v) is 4.14. The van der Waals surface area contributed by atoms with Crippen LogP contribution in [0.4, 0.5) is 4.39 Å². The van der Waals surface area contributed by atoms with Crippen LogP contribution in [0.1, 0.15) is 6.42 Å². The van der Waals surface area contributed by atoms with E-state index in [4.69, 9.17) is 0 Å². The number of benzene rings is 2. The smallest absolute Gasteiger partial charge is 0.240 e. The van der Waals surface area contributed by atoms with Crippen LogP contribution in [0.5, 0.6) is 0 Å². The molecule has 0 aliphatic heterocycles. The number of hydrogen-bond acceptors (Lipinski definition) is 5. The SMILES string of the molecule is O=C(CCS)Nn1ncc2cc3ncc(-c4cccc(F)c4)nc3cc21. The number of nitrogens with one attached hydrogen (secondary N) is 1. The summed E-state index contributed by atoms with van der Waals surface area (Å²) in [7, 11) is 0. The maximum absolute atomic E-state index is 13.5. The van der Waals surface area contributed by atoms with E-state index in [-0.39, 0.29) is 11.7 Å². The van der Waals surface area contributed by atoms with Crippen molar-refractivity contribution in [1.29, 1.82) is 0 Å². The van der Waals surface area contributed by atoms with Crippen LogP contribution < -0.4 is 5.43 Å². The van der Waals surface area contributed by atoms with Crippen molar-refractivity contribution < 1.29 is 9.18 Å². The number of carbonyl (C=O) groups is 1. The summed E-state index contributed by atoms with van der Waals surface area (Å²) in [4.78, 5) is 22.2. The molecule has 2 heterocycles. The molecule has 2 aromatic heterocycles. The molecule has 4 rings (SSSR count). The lowest BCUT2D eigenvalue weighted by atomic mass is 10.1. The standard InChI is InChI=1S/C18H14FN5OS/c19-13-3-1-2-11(6-13)16-10-20-14-7-12-9-21-24(23-18(25)4-5-26)17(12)8-15(14)22-16/h1-3,6-10,26H,4-5H2,(H,23,25). The molecular weight excluding hydrogens is 353 g/mol. The summed E-state index contributed by atoms with van der Waals surface area (Å²) in [6.45, 7) is 0. The van der Waals surface area contributed by atoms with Crippen molar-refractivity contribution in [1.82, 2.24) is 19.9 Å². The van der Waals surface area contributed by atoms with Gasteiger partial charge < -0.3 is 0 Å². The fraction of sp³-hybridized carbons (Fsp3) is 0.111. The van der Waals surface area contributed by atoms with Crippen molar-refractivity contribution in [2.75, 3.05) is 11.2 Å². The van der Waals surface area contributed by atoms with E-state index in [0.717, 1.165) is 5.39 Å². The molecule has 8 heteroatoms. The van der Waals surface area contributed by atoms with E-state index >= 15 is 0 Å². The third-order valence-electron chi connectivity index (χ3n) is 3.92. The molecular formula is C18H14FN5OS. The quantitative estimate of drug-likeness (QED) is 0.544. The highest BCUT2D eigenvalue weighted by Crippen LogP contribution is 2.23. The van der Waals surface area contributed by atoms with Crippen LogP contribution in [-0.4, -0.2) is 31.5 Å². The average molecular weight is 367 g/mol. The second-order valence-corrected chi connectivity index (χ2v) is 6.18. The van der Waals surface area contributed by atoms with Crippen molar-refractivity contribution in [3.63, 3.8) is 0 Å². The summed E-state index contributed by atoms with van der Waals surface area (Å²) in [6, 6.07) is 9.85. The number of aromatic nitrogens is 4. The highest BCUT2D eigenvalue weighted by molar-refractivity contribution is 7.80. The van der Waals surface area contributed by atoms with Crippen molar-refractivity contribution in [2.24, 2.45) is 0 Å². The minimum atomic E-state index is -0.329. The molecule has 0 fully saturated rings. The summed E-state index contributed by atoms with van der Waals surface area (Å²) in [5.74, 6) is -0.0503. The van der Waals surface area contributed by atoms with Gasteiger partial charge in [0.1, 0.15) is 5.82 Å². The third kappa shape index (κ3) is 3.11. The molecule has 2 aromatic carbocycles. The highest BCUT2D eigenvalue weighted by atomic mass is 32.1. The fourth-order valence-corrected chi connectivity index (χ4v) is 2.89. The van der Waals surface area contributed by atoms with E-state index in [0.29, 0.717) is 40.0 Å². The monoisotopic (exact) mass is 367 g/mol. The Morgan fingerprint density at radius 2 is 2.08 bits per heavy atom. The van der Waals surface area contributed by atoms with Gasteiger partial charge in [-0.05, 0) is 30.0 Å². The summed E-state index contributed by atoms with van der Waals surface area (Å²) >= 11 is 4.05. The van der Waals surface area contributed by atoms with Gasteiger partial charge in [-0.25, -0.2) is 14.8 Å². The number of amides is 1. The van der Waals surface area contributed by atoms with E-state index < -0.39 is 0 Å². The Hall–Kier alpha value is -3.00. The van der Waals surface area contributed by atoms with Gasteiger partial charge >= 0.3 is 0 Å². The van der Waals surface area contributed by atoms with Crippen LogP contribution in [0.15, 0.2) is 48.8 Å². The molecule has 0 radical (unpaired) electrons. The second kappa shape index (κ2) is 6.72. The first-order valence-electron chi connectivity index (χ1n) is 7.95. The molecule has 26 heavy (non-hydrogen) atoms. The zero-order chi connectivity index (χ0) is 18.1. The van der Waals surface area contributed by atoms with Gasteiger partial charge in [0.2, 0.25) is 5.91 Å². The van der Waals surface area contributed by atoms with Gasteiger partial charge in [-0.2, -0.15) is 22.5 Å². The normalized spacial score (nSPS) is 11.2. The van der Waals surface area contributed by atoms with E-state index in [9.17, 15) is 9.18 Å². The van der Waals surface area contributed by atoms with Gasteiger partial charge in [0, 0.05) is 17.4 Å². The first-order chi connectivity index (χ1) is 12.6. The molecule has 0 bridgehead atoms. The van der Waals surface area contributed by atoms with E-state index in [2.05, 4.69) is 33.1 Å². The van der Waals surface area contributed by atoms with Gasteiger partial charge in [0.25, 0.3) is 0 Å². The minimum absolute atomic E-state index is 0.176. The molecule has 0 saturated heterocycles. The van der Waals surface area contributed by atoms with Crippen molar-refractivity contribution in [2.45, 2.75) is 6.42 Å². The molecule has 1 N–H and O–H groups in total. The van der Waals surface area contributed by atoms with Crippen molar-refractivity contribution >= 4 is 40.5 Å². The van der Waals surface area contributed by atoms with E-state index in [1.165, 1.54) is 16.9 Å². The Morgan fingerprint density at radius 1 is 1.19 bits per heavy atom. The Balaban J connectivity index is 1.79. The van der Waals surface area contributed by atoms with Crippen molar-refractivity contribution in [3.8, 4) is 11.3 Å². The summed E-state index contributed by atoms with van der Waals surface area (Å²) in [5, 5.41) is 5.02. The fourth-order valence-electron chi connectivity index (χ4n) is 2.68. The topological polar surface area (TPSA) is 72.7 Å². The number of carbonyl (C=O) groups excluding carboxylic acids is 1. The van der Waals surface area contributed by atoms with Crippen LogP contribution in [0.25, 0.3) is 33.2 Å². The van der Waals surface area contributed by atoms with Crippen LogP contribution >= 0.6 is 12.6 Å². The molecule has 1 amide bonds. The Kier molecular flexibility index (Phi) is 4.26. The Labute approximate surface area is 153 Å². The lowest BCUT2D eigenvalue weighted by Crippen LogP contribution is -2.23. The van der Waals surface area contributed by atoms with Gasteiger partial charge in [0.05, 0.1) is 34.6 Å². The average Bonchev–Trinajstić information content (AvgIpc) is 3.01. The lowest BCUT2D eigenvalue weighted by Gasteiger charge is -2.06. The number of thiol groups is 1. The summed E-state index contributed by atoms with van der Waals surface area (Å²) in [5.41, 5.74) is 5.95. The molecule has 4 aromatic rings. The molecule has 0 unspecified atom stereocenters. The van der Waals surface area contributed by atoms with Gasteiger partial charge in [0.15, 0.2) is 0 Å². The Bertz CT molecular complexity index is 1130. The first-order valence-corrected chi connectivity index (χ1v) is 8.58. The summed E-state index contributed by atoms with van der Waals surface area (Å²) in [6.07, 6.45) is 3.56. The molecule has 130 valence electrons. The zero-order valence-corrected chi connectivity index (χ0v) is 14.4. The minimum Gasteiger partial charge on any atom is -0.273 e. The number of fused-ring (bicyclic) bond motifs is 2. The summed E-state index contributed by atoms with van der Waals surface area (Å²) < 4.78 is 13.5. The predicted octanol–water partition coefficient (Wildman–Crippen LogP) is 3.18. The molecule has 0 saturated carbocycles. The lowest BCUT2D eigenvalue weighted by molar-refractivity contribution is -0.116. The van der Waals surface area contributed by atoms with E-state index in [1.807, 2.05) is 6.07 Å².